The fraction of sp³-hybridized carbons (Fsp3) is 0.462. The van der Waals surface area contributed by atoms with Crippen LogP contribution in [0.15, 0.2) is 42.6 Å². The summed E-state index contributed by atoms with van der Waals surface area (Å²) in [5.74, 6) is 3.27. The van der Waals surface area contributed by atoms with Gasteiger partial charge in [-0.3, -0.25) is 4.98 Å². The molecule has 3 heterocycles. The van der Waals surface area contributed by atoms with Crippen molar-refractivity contribution in [2.24, 2.45) is 0 Å². The zero-order valence-electron chi connectivity index (χ0n) is 19.8. The lowest BCUT2D eigenvalue weighted by atomic mass is 9.89. The molecule has 1 saturated carbocycles. The number of rotatable bonds is 9. The first-order chi connectivity index (χ1) is 16.8. The van der Waals surface area contributed by atoms with Gasteiger partial charge in [-0.25, -0.2) is 14.8 Å². The fourth-order valence-electron chi connectivity index (χ4n) is 4.81. The fourth-order valence-corrected chi connectivity index (χ4v) is 4.81. The van der Waals surface area contributed by atoms with Gasteiger partial charge in [-0.2, -0.15) is 5.10 Å². The second kappa shape index (κ2) is 10.7. The number of nitrogens with zero attached hydrogens (tertiary/aromatic N) is 7. The number of aromatic amines is 1. The zero-order chi connectivity index (χ0) is 23.2. The molecule has 0 saturated heterocycles. The number of hydrogen-bond donors (Lipinski definition) is 1. The van der Waals surface area contributed by atoms with Crippen molar-refractivity contribution < 1.29 is 0 Å². The van der Waals surface area contributed by atoms with Crippen LogP contribution in [0.1, 0.15) is 81.4 Å². The topological polar surface area (TPSA) is 98.1 Å². The molecule has 0 bridgehead atoms. The Hall–Kier alpha value is -3.42. The highest BCUT2D eigenvalue weighted by Crippen LogP contribution is 2.31. The number of benzene rings is 1. The van der Waals surface area contributed by atoms with Crippen molar-refractivity contribution in [1.29, 1.82) is 0 Å². The summed E-state index contributed by atoms with van der Waals surface area (Å²) in [4.78, 5) is 9.64. The first-order valence-corrected chi connectivity index (χ1v) is 12.5. The number of H-pyrrole nitrogens is 1. The number of pyridine rings is 1. The molecule has 0 unspecified atom stereocenters. The molecule has 0 amide bonds. The molecule has 1 fully saturated rings. The molecule has 8 nitrogen and oxygen atoms in total. The van der Waals surface area contributed by atoms with Crippen molar-refractivity contribution in [3.8, 4) is 22.6 Å². The van der Waals surface area contributed by atoms with Crippen LogP contribution in [0.5, 0.6) is 0 Å². The smallest absolute Gasteiger partial charge is 0.181 e. The van der Waals surface area contributed by atoms with Crippen LogP contribution in [0.3, 0.4) is 0 Å². The van der Waals surface area contributed by atoms with Gasteiger partial charge in [0.05, 0.1) is 5.69 Å². The maximum absolute atomic E-state index is 5.05. The summed E-state index contributed by atoms with van der Waals surface area (Å²) in [6.45, 7) is 3.19. The third-order valence-corrected chi connectivity index (χ3v) is 6.71. The van der Waals surface area contributed by atoms with Crippen LogP contribution < -0.4 is 0 Å². The number of hydrogen-bond acceptors (Lipinski definition) is 6. The van der Waals surface area contributed by atoms with Gasteiger partial charge in [0.2, 0.25) is 0 Å². The normalized spacial score (nSPS) is 14.5. The van der Waals surface area contributed by atoms with Gasteiger partial charge in [-0.05, 0) is 47.4 Å². The monoisotopic (exact) mass is 456 g/mol. The molecule has 1 aliphatic carbocycles. The minimum absolute atomic E-state index is 0.524. The van der Waals surface area contributed by atoms with Crippen molar-refractivity contribution in [2.45, 2.75) is 77.2 Å². The molecule has 176 valence electrons. The molecule has 8 heteroatoms. The number of aromatic nitrogens is 8. The van der Waals surface area contributed by atoms with E-state index in [1.54, 1.807) is 6.20 Å². The lowest BCUT2D eigenvalue weighted by Gasteiger charge is -2.18. The molecule has 0 radical (unpaired) electrons. The molecule has 3 aromatic heterocycles. The summed E-state index contributed by atoms with van der Waals surface area (Å²) < 4.78 is 2.17. The van der Waals surface area contributed by atoms with E-state index in [0.29, 0.717) is 11.7 Å². The number of unbranched alkanes of at least 4 members (excludes halogenated alkanes) is 2. The Morgan fingerprint density at radius 1 is 1.03 bits per heavy atom. The van der Waals surface area contributed by atoms with Crippen molar-refractivity contribution in [2.75, 3.05) is 0 Å². The highest BCUT2D eigenvalue weighted by Gasteiger charge is 2.22. The molecule has 1 aliphatic rings. The standard InChI is InChI=1S/C26H32N8/c1-2-3-7-17-34-23(28-25(31-34)21-9-5-4-6-10-21)18-19-12-14-20(15-13-19)24-22(11-8-16-27-24)26-29-32-33-30-26/h8,11-16,21H,2-7,9-10,17-18H2,1H3,(H,29,30,32,33). The first-order valence-electron chi connectivity index (χ1n) is 12.5. The summed E-state index contributed by atoms with van der Waals surface area (Å²) in [7, 11) is 0. The van der Waals surface area contributed by atoms with Crippen LogP contribution in [0.25, 0.3) is 22.6 Å². The van der Waals surface area contributed by atoms with Gasteiger partial charge in [0.25, 0.3) is 0 Å². The van der Waals surface area contributed by atoms with E-state index < -0.39 is 0 Å². The minimum atomic E-state index is 0.524. The van der Waals surface area contributed by atoms with Crippen molar-refractivity contribution in [3.05, 3.63) is 59.8 Å². The van der Waals surface area contributed by atoms with Crippen LogP contribution >= 0.6 is 0 Å². The van der Waals surface area contributed by atoms with Gasteiger partial charge in [0.1, 0.15) is 5.82 Å². The van der Waals surface area contributed by atoms with E-state index >= 15 is 0 Å². The second-order valence-corrected chi connectivity index (χ2v) is 9.17. The molecule has 0 spiro atoms. The maximum Gasteiger partial charge on any atom is 0.181 e. The third-order valence-electron chi connectivity index (χ3n) is 6.71. The quantitative estimate of drug-likeness (QED) is 0.341. The van der Waals surface area contributed by atoms with Gasteiger partial charge in [0, 0.05) is 36.2 Å². The summed E-state index contributed by atoms with van der Waals surface area (Å²) in [5, 5.41) is 19.3. The number of aryl methyl sites for hydroxylation is 1. The number of nitrogens with one attached hydrogen (secondary N) is 1. The van der Waals surface area contributed by atoms with Gasteiger partial charge in [-0.15, -0.1) is 5.10 Å². The van der Waals surface area contributed by atoms with E-state index in [-0.39, 0.29) is 0 Å². The van der Waals surface area contributed by atoms with Crippen LogP contribution in [0, 0.1) is 0 Å². The predicted octanol–water partition coefficient (Wildman–Crippen LogP) is 5.35. The minimum Gasteiger partial charge on any atom is -0.255 e. The highest BCUT2D eigenvalue weighted by molar-refractivity contribution is 5.76. The molecule has 1 N–H and O–H groups in total. The van der Waals surface area contributed by atoms with Crippen molar-refractivity contribution >= 4 is 0 Å². The van der Waals surface area contributed by atoms with E-state index in [1.165, 1.54) is 50.5 Å². The van der Waals surface area contributed by atoms with Gasteiger partial charge in [0.15, 0.2) is 11.6 Å². The summed E-state index contributed by atoms with van der Waals surface area (Å²) in [6, 6.07) is 12.4. The van der Waals surface area contributed by atoms with Crippen molar-refractivity contribution in [3.63, 3.8) is 0 Å². The summed E-state index contributed by atoms with van der Waals surface area (Å²) in [5.41, 5.74) is 3.99. The molecule has 4 aromatic rings. The summed E-state index contributed by atoms with van der Waals surface area (Å²) in [6.07, 6.45) is 12.5. The third kappa shape index (κ3) is 5.05. The van der Waals surface area contributed by atoms with E-state index in [2.05, 4.69) is 61.5 Å². The summed E-state index contributed by atoms with van der Waals surface area (Å²) >= 11 is 0. The van der Waals surface area contributed by atoms with Gasteiger partial charge in [-0.1, -0.05) is 63.3 Å². The Morgan fingerprint density at radius 2 is 1.88 bits per heavy atom. The Morgan fingerprint density at radius 3 is 2.65 bits per heavy atom. The highest BCUT2D eigenvalue weighted by atomic mass is 15.5. The van der Waals surface area contributed by atoms with Gasteiger partial charge < -0.3 is 0 Å². The first kappa shape index (κ1) is 22.4. The van der Waals surface area contributed by atoms with Crippen molar-refractivity contribution in [1.82, 2.24) is 40.4 Å². The zero-order valence-corrected chi connectivity index (χ0v) is 19.8. The molecule has 5 rings (SSSR count). The van der Waals surface area contributed by atoms with Crippen LogP contribution in [-0.4, -0.2) is 40.4 Å². The van der Waals surface area contributed by atoms with E-state index in [4.69, 9.17) is 10.1 Å². The Labute approximate surface area is 200 Å². The van der Waals surface area contributed by atoms with Crippen LogP contribution in [-0.2, 0) is 13.0 Å². The van der Waals surface area contributed by atoms with Crippen LogP contribution in [0.4, 0.5) is 0 Å². The molecular weight excluding hydrogens is 424 g/mol. The average Bonchev–Trinajstić information content (AvgIpc) is 3.56. The largest absolute Gasteiger partial charge is 0.255 e. The molecule has 34 heavy (non-hydrogen) atoms. The predicted molar refractivity (Wildman–Crippen MR) is 131 cm³/mol. The Kier molecular flexibility index (Phi) is 7.02. The maximum atomic E-state index is 5.05. The lowest BCUT2D eigenvalue weighted by Crippen LogP contribution is -2.08. The molecule has 1 aromatic carbocycles. The van der Waals surface area contributed by atoms with E-state index in [1.807, 2.05) is 12.1 Å². The molecule has 0 aliphatic heterocycles. The molecule has 0 atom stereocenters. The van der Waals surface area contributed by atoms with Gasteiger partial charge >= 0.3 is 0 Å². The average molecular weight is 457 g/mol. The Balaban J connectivity index is 1.37. The SMILES string of the molecule is CCCCCn1nc(C2CCCCC2)nc1Cc1ccc(-c2ncccc2-c2nnn[nH]2)cc1. The molecular formula is C26H32N8. The van der Waals surface area contributed by atoms with E-state index in [9.17, 15) is 0 Å². The van der Waals surface area contributed by atoms with Crippen LogP contribution in [0.2, 0.25) is 0 Å². The Bertz CT molecular complexity index is 1170. The van der Waals surface area contributed by atoms with E-state index in [0.717, 1.165) is 47.9 Å². The second-order valence-electron chi connectivity index (χ2n) is 9.17. The lowest BCUT2D eigenvalue weighted by molar-refractivity contribution is 0.424. The number of tetrazole rings is 1.